The number of nitrogens with one attached hydrogen (secondary N) is 1. The second kappa shape index (κ2) is 4.57. The van der Waals surface area contributed by atoms with Gasteiger partial charge in [-0.05, 0) is 34.5 Å². The van der Waals surface area contributed by atoms with E-state index in [0.29, 0.717) is 6.61 Å². The summed E-state index contributed by atoms with van der Waals surface area (Å²) in [4.78, 5) is 0. The minimum absolute atomic E-state index is 0.203. The van der Waals surface area contributed by atoms with Crippen LogP contribution in [0.1, 0.15) is 11.6 Å². The van der Waals surface area contributed by atoms with Gasteiger partial charge in [0.15, 0.2) is 0 Å². The molecule has 2 nitrogen and oxygen atoms in total. The van der Waals surface area contributed by atoms with Crippen LogP contribution in [0.15, 0.2) is 66.7 Å². The van der Waals surface area contributed by atoms with Crippen LogP contribution >= 0.6 is 0 Å². The van der Waals surface area contributed by atoms with E-state index in [4.69, 9.17) is 4.74 Å². The molecule has 0 aliphatic carbocycles. The van der Waals surface area contributed by atoms with E-state index in [0.717, 1.165) is 11.4 Å². The van der Waals surface area contributed by atoms with E-state index in [2.05, 4.69) is 53.8 Å². The monoisotopic (exact) mass is 261 g/mol. The summed E-state index contributed by atoms with van der Waals surface area (Å²) in [6.45, 7) is 0.662. The third kappa shape index (κ3) is 1.90. The molecule has 0 aromatic heterocycles. The summed E-state index contributed by atoms with van der Waals surface area (Å²) < 4.78 is 5.84. The van der Waals surface area contributed by atoms with Crippen LogP contribution in [0.5, 0.6) is 5.75 Å². The van der Waals surface area contributed by atoms with E-state index in [9.17, 15) is 0 Å². The van der Waals surface area contributed by atoms with Gasteiger partial charge in [0.2, 0.25) is 0 Å². The zero-order valence-corrected chi connectivity index (χ0v) is 11.0. The van der Waals surface area contributed by atoms with E-state index in [1.54, 1.807) is 0 Å². The zero-order chi connectivity index (χ0) is 13.4. The van der Waals surface area contributed by atoms with Crippen molar-refractivity contribution in [3.63, 3.8) is 0 Å². The van der Waals surface area contributed by atoms with Crippen LogP contribution in [0.2, 0.25) is 0 Å². The molecule has 0 amide bonds. The van der Waals surface area contributed by atoms with Crippen LogP contribution in [0.4, 0.5) is 5.69 Å². The number of hydrogen-bond acceptors (Lipinski definition) is 2. The highest BCUT2D eigenvalue weighted by Gasteiger charge is 2.19. The van der Waals surface area contributed by atoms with Gasteiger partial charge in [-0.3, -0.25) is 0 Å². The SMILES string of the molecule is c1ccc2c(c1)NC(c1ccc3ccccc3c1)CO2. The Morgan fingerprint density at radius 2 is 1.65 bits per heavy atom. The lowest BCUT2D eigenvalue weighted by Gasteiger charge is -2.27. The Balaban J connectivity index is 1.70. The first-order valence-corrected chi connectivity index (χ1v) is 6.87. The molecule has 1 aliphatic heterocycles. The molecule has 1 heterocycles. The highest BCUT2D eigenvalue weighted by atomic mass is 16.5. The van der Waals surface area contributed by atoms with Gasteiger partial charge < -0.3 is 10.1 Å². The van der Waals surface area contributed by atoms with Gasteiger partial charge in [-0.15, -0.1) is 0 Å². The second-order valence-corrected chi connectivity index (χ2v) is 5.11. The lowest BCUT2D eigenvalue weighted by atomic mass is 10.0. The molecule has 1 N–H and O–H groups in total. The van der Waals surface area contributed by atoms with Crippen molar-refractivity contribution < 1.29 is 4.74 Å². The number of hydrogen-bond donors (Lipinski definition) is 1. The van der Waals surface area contributed by atoms with Gasteiger partial charge in [0, 0.05) is 0 Å². The van der Waals surface area contributed by atoms with Crippen molar-refractivity contribution in [2.45, 2.75) is 6.04 Å². The van der Waals surface area contributed by atoms with Gasteiger partial charge in [-0.1, -0.05) is 48.5 Å². The molecule has 1 aliphatic rings. The Morgan fingerprint density at radius 3 is 2.60 bits per heavy atom. The fourth-order valence-electron chi connectivity index (χ4n) is 2.72. The molecule has 0 spiro atoms. The van der Waals surface area contributed by atoms with Crippen LogP contribution in [0.3, 0.4) is 0 Å². The van der Waals surface area contributed by atoms with Gasteiger partial charge in [0.25, 0.3) is 0 Å². The summed E-state index contributed by atoms with van der Waals surface area (Å²) in [5.41, 5.74) is 2.33. The number of para-hydroxylation sites is 2. The van der Waals surface area contributed by atoms with E-state index in [1.807, 2.05) is 18.2 Å². The summed E-state index contributed by atoms with van der Waals surface area (Å²) in [6, 6.07) is 23.3. The fraction of sp³-hybridized carbons (Fsp3) is 0.111. The molecule has 3 aromatic carbocycles. The molecule has 0 saturated heterocycles. The van der Waals surface area contributed by atoms with Gasteiger partial charge in [-0.25, -0.2) is 0 Å². The third-order valence-electron chi connectivity index (χ3n) is 3.80. The first-order chi connectivity index (χ1) is 9.90. The Labute approximate surface area is 118 Å². The maximum absolute atomic E-state index is 5.84. The fourth-order valence-corrected chi connectivity index (χ4v) is 2.72. The minimum atomic E-state index is 0.203. The van der Waals surface area contributed by atoms with Crippen LogP contribution in [0.25, 0.3) is 10.8 Å². The lowest BCUT2D eigenvalue weighted by Crippen LogP contribution is -2.23. The van der Waals surface area contributed by atoms with E-state index < -0.39 is 0 Å². The van der Waals surface area contributed by atoms with Crippen molar-refractivity contribution in [3.8, 4) is 5.75 Å². The first kappa shape index (κ1) is 11.4. The standard InChI is InChI=1S/C18H15NO/c1-2-6-14-11-15(10-9-13(14)5-1)17-12-20-18-8-4-3-7-16(18)19-17/h1-11,17,19H,12H2. The van der Waals surface area contributed by atoms with E-state index >= 15 is 0 Å². The summed E-state index contributed by atoms with van der Waals surface area (Å²) in [5, 5.41) is 6.09. The molecule has 1 unspecified atom stereocenters. The highest BCUT2D eigenvalue weighted by Crippen LogP contribution is 2.33. The molecule has 0 fully saturated rings. The predicted octanol–water partition coefficient (Wildman–Crippen LogP) is 4.39. The van der Waals surface area contributed by atoms with Crippen molar-refractivity contribution in [1.29, 1.82) is 0 Å². The Morgan fingerprint density at radius 1 is 0.850 bits per heavy atom. The highest BCUT2D eigenvalue weighted by molar-refractivity contribution is 5.83. The Bertz CT molecular complexity index is 766. The van der Waals surface area contributed by atoms with Crippen molar-refractivity contribution >= 4 is 16.5 Å². The first-order valence-electron chi connectivity index (χ1n) is 6.87. The van der Waals surface area contributed by atoms with E-state index in [-0.39, 0.29) is 6.04 Å². The smallest absolute Gasteiger partial charge is 0.142 e. The molecule has 4 rings (SSSR count). The molecule has 98 valence electrons. The van der Waals surface area contributed by atoms with Gasteiger partial charge in [0.05, 0.1) is 11.7 Å². The molecular weight excluding hydrogens is 246 g/mol. The average Bonchev–Trinajstić information content (AvgIpc) is 2.54. The molecule has 20 heavy (non-hydrogen) atoms. The number of ether oxygens (including phenoxy) is 1. The van der Waals surface area contributed by atoms with Crippen LogP contribution in [-0.4, -0.2) is 6.61 Å². The molecule has 0 radical (unpaired) electrons. The lowest BCUT2D eigenvalue weighted by molar-refractivity contribution is 0.286. The van der Waals surface area contributed by atoms with Crippen molar-refractivity contribution in [1.82, 2.24) is 0 Å². The molecule has 1 atom stereocenters. The minimum Gasteiger partial charge on any atom is -0.489 e. The van der Waals surface area contributed by atoms with Gasteiger partial charge in [0.1, 0.15) is 12.4 Å². The van der Waals surface area contributed by atoms with Gasteiger partial charge in [-0.2, -0.15) is 0 Å². The molecular formula is C18H15NO. The number of rotatable bonds is 1. The summed E-state index contributed by atoms with van der Waals surface area (Å²) in [5.74, 6) is 0.935. The topological polar surface area (TPSA) is 21.3 Å². The quantitative estimate of drug-likeness (QED) is 0.701. The Hall–Kier alpha value is -2.48. The summed E-state index contributed by atoms with van der Waals surface area (Å²) in [7, 11) is 0. The van der Waals surface area contributed by atoms with Crippen molar-refractivity contribution in [3.05, 3.63) is 72.3 Å². The van der Waals surface area contributed by atoms with Crippen molar-refractivity contribution in [2.75, 3.05) is 11.9 Å². The zero-order valence-electron chi connectivity index (χ0n) is 11.0. The van der Waals surface area contributed by atoms with Crippen LogP contribution in [0, 0.1) is 0 Å². The van der Waals surface area contributed by atoms with Crippen LogP contribution in [-0.2, 0) is 0 Å². The average molecular weight is 261 g/mol. The maximum Gasteiger partial charge on any atom is 0.142 e. The largest absolute Gasteiger partial charge is 0.489 e. The Kier molecular flexibility index (Phi) is 2.59. The summed E-state index contributed by atoms with van der Waals surface area (Å²) >= 11 is 0. The molecule has 0 bridgehead atoms. The van der Waals surface area contributed by atoms with Crippen molar-refractivity contribution in [2.24, 2.45) is 0 Å². The molecule has 2 heteroatoms. The maximum atomic E-state index is 5.84. The molecule has 3 aromatic rings. The van der Waals surface area contributed by atoms with Gasteiger partial charge >= 0.3 is 0 Å². The number of fused-ring (bicyclic) bond motifs is 2. The second-order valence-electron chi connectivity index (χ2n) is 5.11. The number of benzene rings is 3. The number of anilines is 1. The van der Waals surface area contributed by atoms with Crippen LogP contribution < -0.4 is 10.1 Å². The predicted molar refractivity (Wildman–Crippen MR) is 82.2 cm³/mol. The third-order valence-corrected chi connectivity index (χ3v) is 3.80. The summed E-state index contributed by atoms with van der Waals surface area (Å²) in [6.07, 6.45) is 0. The van der Waals surface area contributed by atoms with E-state index in [1.165, 1.54) is 16.3 Å². The normalized spacial score (nSPS) is 17.1. The molecule has 0 saturated carbocycles.